The van der Waals surface area contributed by atoms with Crippen molar-refractivity contribution >= 4 is 44.8 Å². The number of anilines is 1. The summed E-state index contributed by atoms with van der Waals surface area (Å²) < 4.78 is 43.4. The van der Waals surface area contributed by atoms with Crippen LogP contribution in [0.1, 0.15) is 22.3 Å². The Morgan fingerprint density at radius 1 is 0.921 bits per heavy atom. The second-order valence-corrected chi connectivity index (χ2v) is 12.3. The molecule has 0 N–H and O–H groups in total. The lowest BCUT2D eigenvalue weighted by Crippen LogP contribution is -2.52. The molecule has 1 saturated heterocycles. The van der Waals surface area contributed by atoms with Gasteiger partial charge in [0.2, 0.25) is 15.9 Å². The third-order valence-electron chi connectivity index (χ3n) is 6.68. The number of nitrogens with zero attached hydrogens (tertiary/aromatic N) is 3. The molecule has 1 aliphatic heterocycles. The molecule has 1 amide bonds. The van der Waals surface area contributed by atoms with E-state index < -0.39 is 10.0 Å². The summed E-state index contributed by atoms with van der Waals surface area (Å²) in [6.07, 6.45) is 0. The molecule has 1 aliphatic rings. The van der Waals surface area contributed by atoms with E-state index in [1.807, 2.05) is 24.0 Å². The van der Waals surface area contributed by atoms with E-state index in [0.29, 0.717) is 58.6 Å². The predicted molar refractivity (Wildman–Crippen MR) is 150 cm³/mol. The number of sulfonamides is 1. The van der Waals surface area contributed by atoms with Crippen molar-refractivity contribution in [3.63, 3.8) is 0 Å². The van der Waals surface area contributed by atoms with Crippen LogP contribution in [0.3, 0.4) is 0 Å². The highest BCUT2D eigenvalue weighted by Crippen LogP contribution is 2.29. The molecule has 0 unspecified atom stereocenters. The molecule has 0 spiro atoms. The first kappa shape index (κ1) is 28.4. The molecule has 10 heteroatoms. The van der Waals surface area contributed by atoms with E-state index in [1.54, 1.807) is 55.1 Å². The number of benzene rings is 3. The first-order chi connectivity index (χ1) is 18.0. The third-order valence-corrected chi connectivity index (χ3v) is 9.52. The Morgan fingerprint density at radius 3 is 2.16 bits per heavy atom. The summed E-state index contributed by atoms with van der Waals surface area (Å²) in [5.74, 6) is -0.626. The van der Waals surface area contributed by atoms with Crippen molar-refractivity contribution in [1.29, 1.82) is 0 Å². The van der Waals surface area contributed by atoms with E-state index >= 15 is 0 Å². The number of rotatable bonds is 7. The molecule has 0 aromatic heterocycles. The minimum atomic E-state index is -4.04. The Hall–Kier alpha value is -2.65. The lowest BCUT2D eigenvalue weighted by Gasteiger charge is -2.37. The summed E-state index contributed by atoms with van der Waals surface area (Å²) >= 11 is 12.3. The van der Waals surface area contributed by atoms with Crippen LogP contribution in [0.4, 0.5) is 10.1 Å². The number of aryl methyl sites for hydroxylation is 3. The van der Waals surface area contributed by atoms with Gasteiger partial charge in [-0.05, 0) is 61.7 Å². The number of hydrogen-bond acceptors (Lipinski definition) is 4. The number of hydrogen-bond donors (Lipinski definition) is 0. The molecular formula is C28H30Cl2FN3O3S. The van der Waals surface area contributed by atoms with Gasteiger partial charge in [-0.25, -0.2) is 12.8 Å². The average molecular weight is 579 g/mol. The highest BCUT2D eigenvalue weighted by atomic mass is 35.5. The average Bonchev–Trinajstić information content (AvgIpc) is 2.85. The summed E-state index contributed by atoms with van der Waals surface area (Å²) in [6, 6.07) is 15.1. The highest BCUT2D eigenvalue weighted by molar-refractivity contribution is 7.89. The molecule has 1 fully saturated rings. The van der Waals surface area contributed by atoms with Crippen LogP contribution in [0.25, 0.3) is 0 Å². The van der Waals surface area contributed by atoms with Crippen molar-refractivity contribution in [3.8, 4) is 0 Å². The van der Waals surface area contributed by atoms with Crippen LogP contribution in [0.2, 0.25) is 10.0 Å². The molecule has 0 radical (unpaired) electrons. The fraction of sp³-hybridized carbons (Fsp3) is 0.321. The maximum atomic E-state index is 14.2. The fourth-order valence-electron chi connectivity index (χ4n) is 4.93. The zero-order chi connectivity index (χ0) is 27.6. The van der Waals surface area contributed by atoms with Crippen LogP contribution in [0, 0.1) is 26.6 Å². The van der Waals surface area contributed by atoms with E-state index in [4.69, 9.17) is 23.2 Å². The van der Waals surface area contributed by atoms with Gasteiger partial charge in [-0.1, -0.05) is 59.1 Å². The van der Waals surface area contributed by atoms with Crippen LogP contribution in [0.15, 0.2) is 59.5 Å². The monoisotopic (exact) mass is 577 g/mol. The van der Waals surface area contributed by atoms with Gasteiger partial charge >= 0.3 is 0 Å². The number of carbonyl (C=O) groups is 1. The lowest BCUT2D eigenvalue weighted by atomic mass is 10.1. The van der Waals surface area contributed by atoms with Crippen molar-refractivity contribution in [3.05, 3.63) is 92.7 Å². The van der Waals surface area contributed by atoms with Crippen molar-refractivity contribution in [2.45, 2.75) is 32.2 Å². The van der Waals surface area contributed by atoms with Gasteiger partial charge in [-0.15, -0.1) is 0 Å². The summed E-state index contributed by atoms with van der Waals surface area (Å²) in [5, 5.41) is 0.665. The van der Waals surface area contributed by atoms with E-state index in [0.717, 1.165) is 5.56 Å². The molecule has 0 saturated carbocycles. The molecule has 1 heterocycles. The van der Waals surface area contributed by atoms with Crippen LogP contribution < -0.4 is 4.90 Å². The molecule has 38 heavy (non-hydrogen) atoms. The van der Waals surface area contributed by atoms with E-state index in [1.165, 1.54) is 10.4 Å². The minimum absolute atomic E-state index is 0.0487. The fourth-order valence-corrected chi connectivity index (χ4v) is 7.04. The molecule has 0 bridgehead atoms. The topological polar surface area (TPSA) is 60.9 Å². The zero-order valence-corrected chi connectivity index (χ0v) is 23.9. The summed E-state index contributed by atoms with van der Waals surface area (Å²) in [6.45, 7) is 6.65. The van der Waals surface area contributed by atoms with Gasteiger partial charge < -0.3 is 9.80 Å². The Labute approximate surface area is 233 Å². The second kappa shape index (κ2) is 11.6. The van der Waals surface area contributed by atoms with Gasteiger partial charge in [0, 0.05) is 32.7 Å². The van der Waals surface area contributed by atoms with Crippen molar-refractivity contribution in [2.24, 2.45) is 0 Å². The maximum absolute atomic E-state index is 14.2. The van der Waals surface area contributed by atoms with E-state index in [2.05, 4.69) is 0 Å². The SMILES string of the molecule is Cc1cc(C)c(S(=O)(=O)N(CC(=O)N2CCN(c3ccccc3F)CC2)Cc2ccc(Cl)c(Cl)c2)c(C)c1. The molecule has 3 aromatic carbocycles. The van der Waals surface area contributed by atoms with E-state index in [-0.39, 0.29) is 29.7 Å². The third kappa shape index (κ3) is 6.15. The van der Waals surface area contributed by atoms with Crippen LogP contribution >= 0.6 is 23.2 Å². The minimum Gasteiger partial charge on any atom is -0.366 e. The van der Waals surface area contributed by atoms with E-state index in [9.17, 15) is 17.6 Å². The van der Waals surface area contributed by atoms with Crippen molar-refractivity contribution in [1.82, 2.24) is 9.21 Å². The standard InChI is InChI=1S/C28H30Cl2FN3O3S/c1-19-14-20(2)28(21(3)15-19)38(36,37)34(17-22-8-9-23(29)24(30)16-22)18-27(35)33-12-10-32(11-13-33)26-7-5-4-6-25(26)31/h4-9,14-16H,10-13,17-18H2,1-3H3. The molecule has 3 aromatic rings. The number of amides is 1. The quantitative estimate of drug-likeness (QED) is 0.367. The molecule has 0 aliphatic carbocycles. The first-order valence-corrected chi connectivity index (χ1v) is 14.5. The van der Waals surface area contributed by atoms with Gasteiger partial charge in [-0.2, -0.15) is 4.31 Å². The molecular weight excluding hydrogens is 548 g/mol. The van der Waals surface area contributed by atoms with Crippen LogP contribution in [0.5, 0.6) is 0 Å². The summed E-state index contributed by atoms with van der Waals surface area (Å²) in [5.41, 5.74) is 3.30. The molecule has 0 atom stereocenters. The number of piperazine rings is 1. The Balaban J connectivity index is 1.58. The predicted octanol–water partition coefficient (Wildman–Crippen LogP) is 5.60. The van der Waals surface area contributed by atoms with Crippen molar-refractivity contribution in [2.75, 3.05) is 37.6 Å². The van der Waals surface area contributed by atoms with Gasteiger partial charge in [0.15, 0.2) is 0 Å². The van der Waals surface area contributed by atoms with Crippen LogP contribution in [-0.4, -0.2) is 56.3 Å². The molecule has 4 rings (SSSR count). The first-order valence-electron chi connectivity index (χ1n) is 12.3. The number of para-hydroxylation sites is 1. The Bertz CT molecular complexity index is 1430. The Kier molecular flexibility index (Phi) is 8.67. The van der Waals surface area contributed by atoms with Gasteiger partial charge in [0.1, 0.15) is 5.82 Å². The van der Waals surface area contributed by atoms with Crippen LogP contribution in [-0.2, 0) is 21.4 Å². The smallest absolute Gasteiger partial charge is 0.244 e. The summed E-state index contributed by atoms with van der Waals surface area (Å²) in [4.78, 5) is 17.1. The van der Waals surface area contributed by atoms with Gasteiger partial charge in [0.05, 0.1) is 27.2 Å². The van der Waals surface area contributed by atoms with Crippen molar-refractivity contribution < 1.29 is 17.6 Å². The maximum Gasteiger partial charge on any atom is 0.244 e. The zero-order valence-electron chi connectivity index (χ0n) is 21.5. The lowest BCUT2D eigenvalue weighted by molar-refractivity contribution is -0.131. The normalized spacial score (nSPS) is 14.3. The second-order valence-electron chi connectivity index (χ2n) is 9.57. The molecule has 6 nitrogen and oxygen atoms in total. The molecule has 202 valence electrons. The summed E-state index contributed by atoms with van der Waals surface area (Å²) in [7, 11) is -4.04. The number of halogens is 3. The number of carbonyl (C=O) groups excluding carboxylic acids is 1. The Morgan fingerprint density at radius 2 is 1.55 bits per heavy atom. The largest absolute Gasteiger partial charge is 0.366 e. The highest BCUT2D eigenvalue weighted by Gasteiger charge is 2.32. The van der Waals surface area contributed by atoms with Gasteiger partial charge in [0.25, 0.3) is 0 Å². The van der Waals surface area contributed by atoms with Gasteiger partial charge in [-0.3, -0.25) is 4.79 Å².